The van der Waals surface area contributed by atoms with Gasteiger partial charge in [0.15, 0.2) is 0 Å². The predicted octanol–water partition coefficient (Wildman–Crippen LogP) is 0.138. The number of nitrogens with zero attached hydrogens (tertiary/aromatic N) is 1. The van der Waals surface area contributed by atoms with Gasteiger partial charge in [-0.15, -0.1) is 0 Å². The summed E-state index contributed by atoms with van der Waals surface area (Å²) in [4.78, 5) is 21.7. The number of amides is 2. The van der Waals surface area contributed by atoms with Crippen LogP contribution in [0.2, 0.25) is 0 Å². The van der Waals surface area contributed by atoms with Crippen molar-refractivity contribution in [3.63, 3.8) is 0 Å². The van der Waals surface area contributed by atoms with Gasteiger partial charge in [-0.3, -0.25) is 4.79 Å². The van der Waals surface area contributed by atoms with Gasteiger partial charge in [-0.1, -0.05) is 6.92 Å². The third-order valence-corrected chi connectivity index (χ3v) is 2.09. The quantitative estimate of drug-likeness (QED) is 0.633. The summed E-state index contributed by atoms with van der Waals surface area (Å²) in [7, 11) is 0. The van der Waals surface area contributed by atoms with E-state index in [2.05, 4.69) is 10.1 Å². The number of rotatable bonds is 5. The predicted molar refractivity (Wildman–Crippen MR) is 52.6 cm³/mol. The monoisotopic (exact) mass is 213 g/mol. The summed E-state index contributed by atoms with van der Waals surface area (Å²) in [5.41, 5.74) is 3.69. The van der Waals surface area contributed by atoms with Crippen LogP contribution in [0.3, 0.4) is 0 Å². The highest BCUT2D eigenvalue weighted by molar-refractivity contribution is 5.84. The van der Waals surface area contributed by atoms with Crippen molar-refractivity contribution in [1.82, 2.24) is 5.32 Å². The van der Waals surface area contributed by atoms with E-state index in [0.717, 1.165) is 0 Å². The van der Waals surface area contributed by atoms with Crippen molar-refractivity contribution in [2.45, 2.75) is 20.3 Å². The Bertz CT molecular complexity index is 285. The highest BCUT2D eigenvalue weighted by Gasteiger charge is 2.30. The van der Waals surface area contributed by atoms with Crippen LogP contribution in [0.1, 0.15) is 20.3 Å². The highest BCUT2D eigenvalue weighted by atomic mass is 16.5. The van der Waals surface area contributed by atoms with Gasteiger partial charge in [-0.25, -0.2) is 4.79 Å². The van der Waals surface area contributed by atoms with Crippen molar-refractivity contribution in [2.75, 3.05) is 13.2 Å². The molecule has 0 aromatic heterocycles. The summed E-state index contributed by atoms with van der Waals surface area (Å²) in [5, 5.41) is 11.3. The van der Waals surface area contributed by atoms with E-state index in [1.807, 2.05) is 6.07 Å². The molecule has 0 fully saturated rings. The van der Waals surface area contributed by atoms with Crippen molar-refractivity contribution < 1.29 is 14.3 Å². The molecule has 15 heavy (non-hydrogen) atoms. The molecule has 0 bridgehead atoms. The molecule has 0 saturated heterocycles. The molecule has 0 heterocycles. The van der Waals surface area contributed by atoms with Crippen LogP contribution in [-0.2, 0) is 9.53 Å². The Labute approximate surface area is 88.4 Å². The molecule has 6 nitrogen and oxygen atoms in total. The molecule has 3 N–H and O–H groups in total. The molecule has 0 rings (SSSR count). The van der Waals surface area contributed by atoms with E-state index in [0.29, 0.717) is 6.42 Å². The molecular formula is C9H15N3O3. The summed E-state index contributed by atoms with van der Waals surface area (Å²) in [6.45, 7) is 3.46. The number of carbonyl (C=O) groups excluding carboxylic acids is 2. The van der Waals surface area contributed by atoms with Gasteiger partial charge in [-0.2, -0.15) is 5.26 Å². The Morgan fingerprint density at radius 3 is 2.60 bits per heavy atom. The molecule has 2 amide bonds. The minimum Gasteiger partial charge on any atom is -0.448 e. The van der Waals surface area contributed by atoms with Crippen LogP contribution in [0.25, 0.3) is 0 Å². The number of ether oxygens (including phenoxy) is 1. The van der Waals surface area contributed by atoms with Gasteiger partial charge in [-0.05, 0) is 13.3 Å². The van der Waals surface area contributed by atoms with E-state index in [-0.39, 0.29) is 19.1 Å². The van der Waals surface area contributed by atoms with Crippen LogP contribution in [-0.4, -0.2) is 25.2 Å². The summed E-state index contributed by atoms with van der Waals surface area (Å²) >= 11 is 0. The zero-order valence-electron chi connectivity index (χ0n) is 8.87. The first-order chi connectivity index (χ1) is 6.96. The Morgan fingerprint density at radius 2 is 2.20 bits per heavy atom. The lowest BCUT2D eigenvalue weighted by molar-refractivity contribution is -0.127. The first kappa shape index (κ1) is 13.2. The van der Waals surface area contributed by atoms with Gasteiger partial charge < -0.3 is 15.8 Å². The molecule has 0 aromatic carbocycles. The van der Waals surface area contributed by atoms with E-state index >= 15 is 0 Å². The lowest BCUT2D eigenvalue weighted by atomic mass is 9.88. The van der Waals surface area contributed by atoms with Gasteiger partial charge >= 0.3 is 6.09 Å². The topological polar surface area (TPSA) is 105 Å². The van der Waals surface area contributed by atoms with Crippen LogP contribution in [0.5, 0.6) is 0 Å². The van der Waals surface area contributed by atoms with Crippen molar-refractivity contribution in [1.29, 1.82) is 5.26 Å². The Hall–Kier alpha value is -1.77. The minimum absolute atomic E-state index is 0.00625. The second-order valence-electron chi connectivity index (χ2n) is 3.22. The Kier molecular flexibility index (Phi) is 5.16. The number of nitrogens with one attached hydrogen (secondary N) is 1. The van der Waals surface area contributed by atoms with Crippen molar-refractivity contribution in [2.24, 2.45) is 11.1 Å². The first-order valence-electron chi connectivity index (χ1n) is 4.58. The van der Waals surface area contributed by atoms with Crippen LogP contribution >= 0.6 is 0 Å². The number of carbonyl (C=O) groups is 2. The normalized spacial score (nSPS) is 13.4. The number of primary amides is 1. The SMILES string of the molecule is CCC(C)(C#N)C(=O)NCCOC(N)=O. The zero-order valence-corrected chi connectivity index (χ0v) is 8.87. The third-order valence-electron chi connectivity index (χ3n) is 2.09. The van der Waals surface area contributed by atoms with Crippen LogP contribution in [0.15, 0.2) is 0 Å². The van der Waals surface area contributed by atoms with Gasteiger partial charge in [0.2, 0.25) is 5.91 Å². The molecule has 0 aliphatic carbocycles. The molecular weight excluding hydrogens is 198 g/mol. The molecule has 1 unspecified atom stereocenters. The highest BCUT2D eigenvalue weighted by Crippen LogP contribution is 2.19. The zero-order chi connectivity index (χ0) is 11.9. The lowest BCUT2D eigenvalue weighted by Crippen LogP contribution is -2.39. The number of nitrogens with two attached hydrogens (primary N) is 1. The molecule has 0 aliphatic rings. The average molecular weight is 213 g/mol. The maximum Gasteiger partial charge on any atom is 0.404 e. The standard InChI is InChI=1S/C9H15N3O3/c1-3-9(2,6-10)7(13)12-4-5-15-8(11)14/h3-5H2,1-2H3,(H2,11,14)(H,12,13). The smallest absolute Gasteiger partial charge is 0.404 e. The third kappa shape index (κ3) is 4.31. The van der Waals surface area contributed by atoms with Crippen molar-refractivity contribution in [3.8, 4) is 6.07 Å². The second-order valence-corrected chi connectivity index (χ2v) is 3.22. The minimum atomic E-state index is -1.03. The van der Waals surface area contributed by atoms with Crippen LogP contribution in [0, 0.1) is 16.7 Å². The Morgan fingerprint density at radius 1 is 1.60 bits per heavy atom. The second kappa shape index (κ2) is 5.86. The maximum atomic E-state index is 11.5. The summed E-state index contributed by atoms with van der Waals surface area (Å²) < 4.78 is 4.41. The number of nitriles is 1. The molecule has 0 spiro atoms. The van der Waals surface area contributed by atoms with Gasteiger partial charge in [0.1, 0.15) is 12.0 Å². The van der Waals surface area contributed by atoms with Crippen LogP contribution in [0.4, 0.5) is 4.79 Å². The molecule has 0 saturated carbocycles. The fraction of sp³-hybridized carbons (Fsp3) is 0.667. The van der Waals surface area contributed by atoms with E-state index in [1.165, 1.54) is 0 Å². The fourth-order valence-corrected chi connectivity index (χ4v) is 0.802. The van der Waals surface area contributed by atoms with Gasteiger partial charge in [0.05, 0.1) is 12.6 Å². The van der Waals surface area contributed by atoms with E-state index in [1.54, 1.807) is 13.8 Å². The van der Waals surface area contributed by atoms with E-state index in [4.69, 9.17) is 11.0 Å². The maximum absolute atomic E-state index is 11.5. The fourth-order valence-electron chi connectivity index (χ4n) is 0.802. The Balaban J connectivity index is 3.94. The lowest BCUT2D eigenvalue weighted by Gasteiger charge is -2.18. The summed E-state index contributed by atoms with van der Waals surface area (Å²) in [5.74, 6) is -0.374. The molecule has 1 atom stereocenters. The molecule has 0 aliphatic heterocycles. The van der Waals surface area contributed by atoms with Crippen molar-refractivity contribution in [3.05, 3.63) is 0 Å². The van der Waals surface area contributed by atoms with Crippen LogP contribution < -0.4 is 11.1 Å². The van der Waals surface area contributed by atoms with Gasteiger partial charge in [0, 0.05) is 0 Å². The number of hydrogen-bond donors (Lipinski definition) is 2. The van der Waals surface area contributed by atoms with E-state index in [9.17, 15) is 9.59 Å². The van der Waals surface area contributed by atoms with Crippen molar-refractivity contribution >= 4 is 12.0 Å². The van der Waals surface area contributed by atoms with E-state index < -0.39 is 11.5 Å². The first-order valence-corrected chi connectivity index (χ1v) is 4.58. The molecule has 0 radical (unpaired) electrons. The number of hydrogen-bond acceptors (Lipinski definition) is 4. The molecule has 84 valence electrons. The summed E-state index contributed by atoms with van der Waals surface area (Å²) in [6.07, 6.45) is -0.464. The largest absolute Gasteiger partial charge is 0.448 e. The average Bonchev–Trinajstić information content (AvgIpc) is 2.22. The summed E-state index contributed by atoms with van der Waals surface area (Å²) in [6, 6.07) is 1.93. The molecule has 0 aromatic rings. The molecule has 6 heteroatoms. The van der Waals surface area contributed by atoms with Gasteiger partial charge in [0.25, 0.3) is 0 Å².